The number of ether oxygens (including phenoxy) is 1. The van der Waals surface area contributed by atoms with Crippen LogP contribution in [0.3, 0.4) is 0 Å². The van der Waals surface area contributed by atoms with Crippen LogP contribution in [0.25, 0.3) is 11.3 Å². The highest BCUT2D eigenvalue weighted by Gasteiger charge is 2.27. The number of carbonyl (C=O) groups is 1. The molecule has 1 saturated heterocycles. The first-order valence-corrected chi connectivity index (χ1v) is 8.06. The summed E-state index contributed by atoms with van der Waals surface area (Å²) < 4.78 is 5.36. The second-order valence-corrected chi connectivity index (χ2v) is 6.52. The molecule has 0 aliphatic carbocycles. The van der Waals surface area contributed by atoms with Crippen LogP contribution in [0.5, 0.6) is 5.75 Å². The molecule has 0 bridgehead atoms. The quantitative estimate of drug-likeness (QED) is 0.946. The van der Waals surface area contributed by atoms with Gasteiger partial charge in [0, 0.05) is 18.7 Å². The van der Waals surface area contributed by atoms with Gasteiger partial charge in [-0.2, -0.15) is 5.10 Å². The van der Waals surface area contributed by atoms with Crippen LogP contribution in [0, 0.1) is 11.8 Å². The van der Waals surface area contributed by atoms with Crippen LogP contribution >= 0.6 is 0 Å². The molecule has 2 atom stereocenters. The van der Waals surface area contributed by atoms with Gasteiger partial charge >= 0.3 is 0 Å². The fourth-order valence-electron chi connectivity index (χ4n) is 3.42. The van der Waals surface area contributed by atoms with Gasteiger partial charge in [-0.25, -0.2) is 0 Å². The van der Waals surface area contributed by atoms with Crippen molar-refractivity contribution in [1.82, 2.24) is 15.1 Å². The molecule has 1 amide bonds. The Bertz CT molecular complexity index is 685. The number of carbonyl (C=O) groups excluding carboxylic acids is 1. The molecule has 122 valence electrons. The van der Waals surface area contributed by atoms with Crippen molar-refractivity contribution in [2.24, 2.45) is 11.8 Å². The van der Waals surface area contributed by atoms with Gasteiger partial charge in [-0.1, -0.05) is 26.0 Å². The first-order chi connectivity index (χ1) is 11.1. The third kappa shape index (κ3) is 3.23. The number of nitrogens with zero attached hydrogens (tertiary/aromatic N) is 2. The van der Waals surface area contributed by atoms with E-state index in [0.29, 0.717) is 17.5 Å². The SMILES string of the molecule is COc1ccccc1-c1cc(C(=O)N2CC(C)CC(C)C2)[nH]n1. The van der Waals surface area contributed by atoms with E-state index in [-0.39, 0.29) is 5.91 Å². The summed E-state index contributed by atoms with van der Waals surface area (Å²) >= 11 is 0. The summed E-state index contributed by atoms with van der Waals surface area (Å²) in [6.07, 6.45) is 1.18. The number of H-pyrrole nitrogens is 1. The first kappa shape index (κ1) is 15.6. The zero-order chi connectivity index (χ0) is 16.4. The average molecular weight is 313 g/mol. The highest BCUT2D eigenvalue weighted by Crippen LogP contribution is 2.29. The van der Waals surface area contributed by atoms with Gasteiger partial charge in [-0.3, -0.25) is 9.89 Å². The van der Waals surface area contributed by atoms with E-state index in [0.717, 1.165) is 30.1 Å². The van der Waals surface area contributed by atoms with E-state index < -0.39 is 0 Å². The Morgan fingerprint density at radius 2 is 1.96 bits per heavy atom. The van der Waals surface area contributed by atoms with E-state index in [1.165, 1.54) is 6.42 Å². The molecule has 1 N–H and O–H groups in total. The van der Waals surface area contributed by atoms with Crippen molar-refractivity contribution < 1.29 is 9.53 Å². The van der Waals surface area contributed by atoms with Crippen molar-refractivity contribution in [3.8, 4) is 17.0 Å². The number of methoxy groups -OCH3 is 1. The van der Waals surface area contributed by atoms with Crippen molar-refractivity contribution in [3.63, 3.8) is 0 Å². The van der Waals surface area contributed by atoms with Crippen LogP contribution in [-0.2, 0) is 0 Å². The lowest BCUT2D eigenvalue weighted by molar-refractivity contribution is 0.0617. The summed E-state index contributed by atoms with van der Waals surface area (Å²) in [5.74, 6) is 1.86. The molecule has 1 aromatic heterocycles. The number of likely N-dealkylation sites (tertiary alicyclic amines) is 1. The lowest BCUT2D eigenvalue weighted by atomic mass is 9.92. The molecular weight excluding hydrogens is 290 g/mol. The van der Waals surface area contributed by atoms with E-state index in [1.807, 2.05) is 35.2 Å². The highest BCUT2D eigenvalue weighted by atomic mass is 16.5. The number of piperidine rings is 1. The van der Waals surface area contributed by atoms with Crippen LogP contribution in [-0.4, -0.2) is 41.2 Å². The number of rotatable bonds is 3. The van der Waals surface area contributed by atoms with Gasteiger partial charge in [0.15, 0.2) is 0 Å². The maximum absolute atomic E-state index is 12.7. The zero-order valence-electron chi connectivity index (χ0n) is 13.9. The van der Waals surface area contributed by atoms with E-state index >= 15 is 0 Å². The number of para-hydroxylation sites is 1. The Labute approximate surface area is 136 Å². The Morgan fingerprint density at radius 3 is 2.65 bits per heavy atom. The Kier molecular flexibility index (Phi) is 4.37. The molecule has 5 heteroatoms. The average Bonchev–Trinajstić information content (AvgIpc) is 3.03. The number of nitrogens with one attached hydrogen (secondary N) is 1. The van der Waals surface area contributed by atoms with E-state index in [1.54, 1.807) is 7.11 Å². The summed E-state index contributed by atoms with van der Waals surface area (Å²) in [6.45, 7) is 6.02. The van der Waals surface area contributed by atoms with Gasteiger partial charge in [0.05, 0.1) is 12.8 Å². The highest BCUT2D eigenvalue weighted by molar-refractivity contribution is 5.93. The van der Waals surface area contributed by atoms with Gasteiger partial charge in [0.2, 0.25) is 0 Å². The van der Waals surface area contributed by atoms with E-state index in [4.69, 9.17) is 4.74 Å². The van der Waals surface area contributed by atoms with Gasteiger partial charge < -0.3 is 9.64 Å². The van der Waals surface area contributed by atoms with Crippen molar-refractivity contribution in [1.29, 1.82) is 0 Å². The number of hydrogen-bond acceptors (Lipinski definition) is 3. The molecule has 3 rings (SSSR count). The number of amides is 1. The predicted molar refractivity (Wildman–Crippen MR) is 89.4 cm³/mol. The molecule has 2 heterocycles. The van der Waals surface area contributed by atoms with Crippen molar-refractivity contribution in [2.75, 3.05) is 20.2 Å². The Hall–Kier alpha value is -2.30. The maximum Gasteiger partial charge on any atom is 0.271 e. The van der Waals surface area contributed by atoms with Crippen LogP contribution in [0.15, 0.2) is 30.3 Å². The van der Waals surface area contributed by atoms with Crippen molar-refractivity contribution >= 4 is 5.91 Å². The third-order valence-electron chi connectivity index (χ3n) is 4.35. The monoisotopic (exact) mass is 313 g/mol. The molecule has 1 aromatic carbocycles. The van der Waals surface area contributed by atoms with Crippen LogP contribution in [0.1, 0.15) is 30.8 Å². The largest absolute Gasteiger partial charge is 0.496 e. The lowest BCUT2D eigenvalue weighted by Gasteiger charge is -2.34. The fourth-order valence-corrected chi connectivity index (χ4v) is 3.42. The number of hydrogen-bond donors (Lipinski definition) is 1. The minimum absolute atomic E-state index is 0.0250. The van der Waals surface area contributed by atoms with Gasteiger partial charge in [-0.05, 0) is 36.5 Å². The number of benzene rings is 1. The molecule has 23 heavy (non-hydrogen) atoms. The molecule has 1 fully saturated rings. The van der Waals surface area contributed by atoms with Gasteiger partial charge in [-0.15, -0.1) is 0 Å². The minimum atomic E-state index is 0.0250. The van der Waals surface area contributed by atoms with Crippen LogP contribution in [0.4, 0.5) is 0 Å². The summed E-state index contributed by atoms with van der Waals surface area (Å²) in [5.41, 5.74) is 2.14. The lowest BCUT2D eigenvalue weighted by Crippen LogP contribution is -2.42. The van der Waals surface area contributed by atoms with Crippen molar-refractivity contribution in [3.05, 3.63) is 36.0 Å². The topological polar surface area (TPSA) is 58.2 Å². The molecule has 0 radical (unpaired) electrons. The van der Waals surface area contributed by atoms with E-state index in [9.17, 15) is 4.79 Å². The predicted octanol–water partition coefficient (Wildman–Crippen LogP) is 3.20. The standard InChI is InChI=1S/C18H23N3O2/c1-12-8-13(2)11-21(10-12)18(22)16-9-15(19-20-16)14-6-4-5-7-17(14)23-3/h4-7,9,12-13H,8,10-11H2,1-3H3,(H,19,20). The van der Waals surface area contributed by atoms with Gasteiger partial charge in [0.1, 0.15) is 11.4 Å². The van der Waals surface area contributed by atoms with Crippen LogP contribution in [0.2, 0.25) is 0 Å². The summed E-state index contributed by atoms with van der Waals surface area (Å²) in [4.78, 5) is 14.6. The molecular formula is C18H23N3O2. The Balaban J connectivity index is 1.83. The van der Waals surface area contributed by atoms with Crippen LogP contribution < -0.4 is 4.74 Å². The molecule has 1 aliphatic heterocycles. The first-order valence-electron chi connectivity index (χ1n) is 8.06. The summed E-state index contributed by atoms with van der Waals surface area (Å²) in [7, 11) is 1.63. The normalized spacial score (nSPS) is 21.3. The molecule has 0 saturated carbocycles. The van der Waals surface area contributed by atoms with E-state index in [2.05, 4.69) is 24.0 Å². The minimum Gasteiger partial charge on any atom is -0.496 e. The summed E-state index contributed by atoms with van der Waals surface area (Å²) in [5, 5.41) is 7.18. The number of aromatic amines is 1. The molecule has 0 spiro atoms. The Morgan fingerprint density at radius 1 is 1.26 bits per heavy atom. The fraction of sp³-hybridized carbons (Fsp3) is 0.444. The molecule has 1 aliphatic rings. The third-order valence-corrected chi connectivity index (χ3v) is 4.35. The second kappa shape index (κ2) is 6.44. The second-order valence-electron chi connectivity index (χ2n) is 6.52. The van der Waals surface area contributed by atoms with Gasteiger partial charge in [0.25, 0.3) is 5.91 Å². The number of aromatic nitrogens is 2. The van der Waals surface area contributed by atoms with Crippen molar-refractivity contribution in [2.45, 2.75) is 20.3 Å². The zero-order valence-corrected chi connectivity index (χ0v) is 13.9. The molecule has 2 unspecified atom stereocenters. The maximum atomic E-state index is 12.7. The smallest absolute Gasteiger partial charge is 0.271 e. The molecule has 2 aromatic rings. The summed E-state index contributed by atoms with van der Waals surface area (Å²) in [6, 6.07) is 9.48. The molecule has 5 nitrogen and oxygen atoms in total.